The van der Waals surface area contributed by atoms with Crippen molar-refractivity contribution in [2.24, 2.45) is 5.73 Å². The van der Waals surface area contributed by atoms with Crippen molar-refractivity contribution in [3.8, 4) is 0 Å². The highest BCUT2D eigenvalue weighted by Gasteiger charge is 2.00. The molecule has 0 saturated heterocycles. The molecule has 0 amide bonds. The Morgan fingerprint density at radius 3 is 2.85 bits per heavy atom. The Kier molecular flexibility index (Phi) is 3.73. The maximum Gasteiger partial charge on any atom is 0.0351 e. The van der Waals surface area contributed by atoms with Crippen LogP contribution < -0.4 is 5.73 Å². The maximum atomic E-state index is 5.42. The van der Waals surface area contributed by atoms with E-state index in [0.717, 1.165) is 15.4 Å². The Morgan fingerprint density at radius 1 is 1.54 bits per heavy atom. The van der Waals surface area contributed by atoms with Gasteiger partial charge in [-0.05, 0) is 11.0 Å². The van der Waals surface area contributed by atoms with Gasteiger partial charge in [-0.1, -0.05) is 31.0 Å². The van der Waals surface area contributed by atoms with Gasteiger partial charge in [0.1, 0.15) is 0 Å². The van der Waals surface area contributed by atoms with E-state index in [4.69, 9.17) is 5.73 Å². The Hall–Kier alpha value is -1.06. The molecule has 0 saturated carbocycles. The molecular formula is C10H12N2S. The molecule has 2 nitrogen and oxygen atoms in total. The van der Waals surface area contributed by atoms with E-state index >= 15 is 0 Å². The lowest BCUT2D eigenvalue weighted by molar-refractivity contribution is 1.24. The zero-order valence-corrected chi connectivity index (χ0v) is 8.18. The van der Waals surface area contributed by atoms with E-state index in [1.165, 1.54) is 11.8 Å². The molecule has 3 heteroatoms. The number of pyridine rings is 1. The second-order valence-electron chi connectivity index (χ2n) is 2.51. The topological polar surface area (TPSA) is 38.9 Å². The summed E-state index contributed by atoms with van der Waals surface area (Å²) in [7, 11) is 0. The fraction of sp³-hybridized carbons (Fsp3) is 0.100. The van der Waals surface area contributed by atoms with E-state index in [9.17, 15) is 0 Å². The van der Waals surface area contributed by atoms with Crippen molar-refractivity contribution < 1.29 is 0 Å². The lowest BCUT2D eigenvalue weighted by Crippen LogP contribution is -1.98. The van der Waals surface area contributed by atoms with Crippen LogP contribution in [-0.4, -0.2) is 11.5 Å². The zero-order valence-electron chi connectivity index (χ0n) is 7.36. The third-order valence-electron chi connectivity index (χ3n) is 1.48. The van der Waals surface area contributed by atoms with Crippen molar-refractivity contribution in [2.45, 2.75) is 0 Å². The second kappa shape index (κ2) is 4.84. The lowest BCUT2D eigenvalue weighted by atomic mass is 10.3. The first-order valence-corrected chi connectivity index (χ1v) is 4.70. The van der Waals surface area contributed by atoms with Gasteiger partial charge in [0.2, 0.25) is 0 Å². The highest BCUT2D eigenvalue weighted by atomic mass is 32.2. The predicted molar refractivity (Wildman–Crippen MR) is 59.1 cm³/mol. The molecule has 68 valence electrons. The number of rotatable bonds is 4. The maximum absolute atomic E-state index is 5.42. The second-order valence-corrected chi connectivity index (χ2v) is 3.78. The minimum Gasteiger partial charge on any atom is -0.326 e. The third kappa shape index (κ3) is 3.05. The largest absolute Gasteiger partial charge is 0.326 e. The summed E-state index contributed by atoms with van der Waals surface area (Å²) >= 11 is 1.50. The van der Waals surface area contributed by atoms with Crippen LogP contribution >= 0.6 is 11.8 Å². The van der Waals surface area contributed by atoms with Crippen molar-refractivity contribution in [1.82, 2.24) is 4.98 Å². The Balaban J connectivity index is 2.65. The average Bonchev–Trinajstić information content (AvgIpc) is 2.19. The Labute approximate surface area is 82.6 Å². The molecular weight excluding hydrogens is 180 g/mol. The smallest absolute Gasteiger partial charge is 0.0351 e. The molecule has 1 aromatic heterocycles. The molecule has 0 aliphatic heterocycles. The van der Waals surface area contributed by atoms with E-state index in [1.807, 2.05) is 12.1 Å². The summed E-state index contributed by atoms with van der Waals surface area (Å²) in [6.45, 7) is 8.19. The van der Waals surface area contributed by atoms with Crippen LogP contribution in [0.4, 0.5) is 0 Å². The van der Waals surface area contributed by atoms with Gasteiger partial charge in [-0.2, -0.15) is 0 Å². The summed E-state index contributed by atoms with van der Waals surface area (Å²) in [4.78, 5) is 5.85. The summed E-state index contributed by atoms with van der Waals surface area (Å²) in [5.74, 6) is 0. The molecule has 1 heterocycles. The van der Waals surface area contributed by atoms with Gasteiger partial charge in [-0.25, -0.2) is 0 Å². The van der Waals surface area contributed by atoms with E-state index < -0.39 is 0 Å². The van der Waals surface area contributed by atoms with E-state index in [1.54, 1.807) is 12.4 Å². The molecule has 0 bridgehead atoms. The molecule has 0 atom stereocenters. The van der Waals surface area contributed by atoms with E-state index in [-0.39, 0.29) is 0 Å². The van der Waals surface area contributed by atoms with Crippen LogP contribution in [0, 0.1) is 0 Å². The number of nitrogens with zero attached hydrogens (tertiary/aromatic N) is 1. The molecule has 0 fully saturated rings. The third-order valence-corrected chi connectivity index (χ3v) is 2.42. The van der Waals surface area contributed by atoms with E-state index in [2.05, 4.69) is 18.1 Å². The van der Waals surface area contributed by atoms with Crippen LogP contribution in [0.2, 0.25) is 0 Å². The highest BCUT2D eigenvalue weighted by molar-refractivity contribution is 8.11. The molecule has 0 aliphatic carbocycles. The van der Waals surface area contributed by atoms with Crippen LogP contribution in [0.5, 0.6) is 0 Å². The van der Waals surface area contributed by atoms with Crippen LogP contribution in [0.25, 0.3) is 4.91 Å². The van der Waals surface area contributed by atoms with Crippen molar-refractivity contribution in [1.29, 1.82) is 0 Å². The molecule has 0 aromatic carbocycles. The molecule has 2 N–H and O–H groups in total. The number of hydrogen-bond acceptors (Lipinski definition) is 3. The molecule has 0 unspecified atom stereocenters. The van der Waals surface area contributed by atoms with Gasteiger partial charge in [-0.3, -0.25) is 4.98 Å². The first-order chi connectivity index (χ1) is 6.24. The van der Waals surface area contributed by atoms with Gasteiger partial charge >= 0.3 is 0 Å². The van der Waals surface area contributed by atoms with Crippen LogP contribution in [-0.2, 0) is 0 Å². The fourth-order valence-electron chi connectivity index (χ4n) is 0.803. The summed E-state index contributed by atoms with van der Waals surface area (Å²) in [6.07, 6.45) is 3.51. The van der Waals surface area contributed by atoms with Gasteiger partial charge in [0.25, 0.3) is 0 Å². The first kappa shape index (κ1) is 10.0. The SMILES string of the molecule is C=C(CN)SC(=C)c1cccnc1. The van der Waals surface area contributed by atoms with Crippen molar-refractivity contribution in [2.75, 3.05) is 6.54 Å². The number of hydrogen-bond donors (Lipinski definition) is 1. The summed E-state index contributed by atoms with van der Waals surface area (Å²) < 4.78 is 0. The van der Waals surface area contributed by atoms with Gasteiger partial charge in [0.15, 0.2) is 0 Å². The number of aromatic nitrogens is 1. The molecule has 13 heavy (non-hydrogen) atoms. The van der Waals surface area contributed by atoms with Crippen LogP contribution in [0.15, 0.2) is 42.6 Å². The molecule has 0 spiro atoms. The summed E-state index contributed by atoms with van der Waals surface area (Å²) in [5.41, 5.74) is 6.44. The Morgan fingerprint density at radius 2 is 2.31 bits per heavy atom. The molecule has 0 aliphatic rings. The summed E-state index contributed by atoms with van der Waals surface area (Å²) in [6, 6.07) is 3.85. The van der Waals surface area contributed by atoms with Gasteiger partial charge in [0, 0.05) is 29.4 Å². The molecule has 1 aromatic rings. The standard InChI is InChI=1S/C10H12N2S/c1-8(6-11)13-9(2)10-4-3-5-12-7-10/h3-5,7H,1-2,6,11H2. The monoisotopic (exact) mass is 192 g/mol. The van der Waals surface area contributed by atoms with E-state index in [0.29, 0.717) is 6.54 Å². The van der Waals surface area contributed by atoms with Crippen molar-refractivity contribution in [3.05, 3.63) is 48.2 Å². The first-order valence-electron chi connectivity index (χ1n) is 3.89. The molecule has 1 rings (SSSR count). The minimum absolute atomic E-state index is 0.476. The fourth-order valence-corrected chi connectivity index (χ4v) is 1.47. The predicted octanol–water partition coefficient (Wildman–Crippen LogP) is 2.26. The van der Waals surface area contributed by atoms with Gasteiger partial charge in [-0.15, -0.1) is 0 Å². The lowest BCUT2D eigenvalue weighted by Gasteiger charge is -2.05. The number of thioether (sulfide) groups is 1. The minimum atomic E-state index is 0.476. The number of nitrogens with two attached hydrogens (primary N) is 1. The molecule has 0 radical (unpaired) electrons. The van der Waals surface area contributed by atoms with Crippen molar-refractivity contribution in [3.63, 3.8) is 0 Å². The van der Waals surface area contributed by atoms with Gasteiger partial charge in [0.05, 0.1) is 0 Å². The van der Waals surface area contributed by atoms with Crippen molar-refractivity contribution >= 4 is 16.7 Å². The quantitative estimate of drug-likeness (QED) is 0.795. The van der Waals surface area contributed by atoms with Crippen LogP contribution in [0.1, 0.15) is 5.56 Å². The van der Waals surface area contributed by atoms with Crippen LogP contribution in [0.3, 0.4) is 0 Å². The highest BCUT2D eigenvalue weighted by Crippen LogP contribution is 2.29. The Bertz CT molecular complexity index is 306. The van der Waals surface area contributed by atoms with Gasteiger partial charge < -0.3 is 5.73 Å². The average molecular weight is 192 g/mol. The zero-order chi connectivity index (χ0) is 9.68. The normalized spacial score (nSPS) is 9.62. The summed E-state index contributed by atoms with van der Waals surface area (Å²) in [5, 5.41) is 0.